The third kappa shape index (κ3) is 3.11. The Kier molecular flexibility index (Phi) is 3.91. The maximum atomic E-state index is 12.0. The first kappa shape index (κ1) is 14.8. The average molecular weight is 321 g/mol. The molecule has 1 aromatic heterocycles. The van der Waals surface area contributed by atoms with Crippen molar-refractivity contribution in [3.05, 3.63) is 59.4 Å². The van der Waals surface area contributed by atoms with Crippen LogP contribution in [0, 0.1) is 0 Å². The molecule has 5 nitrogen and oxygen atoms in total. The summed E-state index contributed by atoms with van der Waals surface area (Å²) in [4.78, 5) is 19.6. The van der Waals surface area contributed by atoms with E-state index in [0.717, 1.165) is 35.4 Å². The Morgan fingerprint density at radius 2 is 2.04 bits per heavy atom. The zero-order valence-electron chi connectivity index (χ0n) is 13.3. The lowest BCUT2D eigenvalue weighted by atomic mass is 10.1. The van der Waals surface area contributed by atoms with E-state index in [9.17, 15) is 4.79 Å². The Labute approximate surface area is 140 Å². The van der Waals surface area contributed by atoms with E-state index in [2.05, 4.69) is 27.4 Å². The van der Waals surface area contributed by atoms with Gasteiger partial charge in [-0.25, -0.2) is 4.98 Å². The van der Waals surface area contributed by atoms with Crippen molar-refractivity contribution in [1.82, 2.24) is 15.3 Å². The van der Waals surface area contributed by atoms with E-state index in [1.54, 1.807) is 0 Å². The van der Waals surface area contributed by atoms with Gasteiger partial charge in [0.2, 0.25) is 0 Å². The maximum absolute atomic E-state index is 12.0. The molecule has 24 heavy (non-hydrogen) atoms. The van der Waals surface area contributed by atoms with Crippen molar-refractivity contribution < 1.29 is 9.53 Å². The molecule has 2 aromatic carbocycles. The van der Waals surface area contributed by atoms with Crippen molar-refractivity contribution in [2.24, 2.45) is 0 Å². The molecule has 0 aliphatic heterocycles. The van der Waals surface area contributed by atoms with Crippen LogP contribution in [-0.4, -0.2) is 22.5 Å². The third-order valence-electron chi connectivity index (χ3n) is 4.33. The summed E-state index contributed by atoms with van der Waals surface area (Å²) in [6.45, 7) is 0.375. The average Bonchev–Trinajstić information content (AvgIpc) is 3.23. The lowest BCUT2D eigenvalue weighted by Gasteiger charge is -2.08. The molecular weight excluding hydrogens is 302 g/mol. The van der Waals surface area contributed by atoms with Crippen LogP contribution in [-0.2, 0) is 24.2 Å². The van der Waals surface area contributed by atoms with E-state index in [0.29, 0.717) is 6.54 Å². The van der Waals surface area contributed by atoms with Crippen LogP contribution in [0.3, 0.4) is 0 Å². The van der Waals surface area contributed by atoms with Crippen molar-refractivity contribution in [3.8, 4) is 5.75 Å². The molecule has 0 saturated heterocycles. The van der Waals surface area contributed by atoms with Crippen molar-refractivity contribution in [2.45, 2.75) is 25.8 Å². The van der Waals surface area contributed by atoms with Gasteiger partial charge in [0.25, 0.3) is 5.91 Å². The summed E-state index contributed by atoms with van der Waals surface area (Å²) < 4.78 is 5.60. The number of carbonyl (C=O) groups excluding carboxylic acids is 1. The minimum Gasteiger partial charge on any atom is -0.484 e. The zero-order valence-corrected chi connectivity index (χ0v) is 13.3. The number of H-pyrrole nitrogens is 1. The highest BCUT2D eigenvalue weighted by Crippen LogP contribution is 2.25. The molecule has 4 rings (SSSR count). The van der Waals surface area contributed by atoms with Crippen molar-refractivity contribution in [2.75, 3.05) is 6.61 Å². The van der Waals surface area contributed by atoms with Crippen LogP contribution in [0.4, 0.5) is 0 Å². The lowest BCUT2D eigenvalue weighted by Crippen LogP contribution is -2.28. The summed E-state index contributed by atoms with van der Waals surface area (Å²) in [6.07, 6.45) is 3.45. The molecule has 1 aliphatic rings. The van der Waals surface area contributed by atoms with E-state index in [1.807, 2.05) is 30.3 Å². The molecule has 1 amide bonds. The normalized spacial score (nSPS) is 13.0. The van der Waals surface area contributed by atoms with Crippen LogP contribution >= 0.6 is 0 Å². The Balaban J connectivity index is 1.30. The SMILES string of the molecule is O=C(COc1ccc2c(c1)CCC2)NCc1nc2ccccc2[nH]1. The molecule has 0 unspecified atom stereocenters. The van der Waals surface area contributed by atoms with Crippen molar-refractivity contribution in [3.63, 3.8) is 0 Å². The minimum atomic E-state index is -0.157. The zero-order chi connectivity index (χ0) is 16.4. The number of nitrogens with zero attached hydrogens (tertiary/aromatic N) is 1. The number of nitrogens with one attached hydrogen (secondary N) is 2. The molecule has 0 spiro atoms. The smallest absolute Gasteiger partial charge is 0.258 e. The Morgan fingerprint density at radius 1 is 1.17 bits per heavy atom. The highest BCUT2D eigenvalue weighted by Gasteiger charge is 2.12. The van der Waals surface area contributed by atoms with E-state index in [4.69, 9.17) is 4.74 Å². The first-order chi connectivity index (χ1) is 11.8. The summed E-state index contributed by atoms with van der Waals surface area (Å²) in [7, 11) is 0. The number of aryl methyl sites for hydroxylation is 2. The number of amides is 1. The molecule has 0 atom stereocenters. The maximum Gasteiger partial charge on any atom is 0.258 e. The van der Waals surface area contributed by atoms with Crippen LogP contribution in [0.5, 0.6) is 5.75 Å². The first-order valence-corrected chi connectivity index (χ1v) is 8.23. The standard InChI is InChI=1S/C19H19N3O2/c23-19(12-24-15-9-8-13-4-3-5-14(13)10-15)20-11-18-21-16-6-1-2-7-17(16)22-18/h1-2,6-10H,3-5,11-12H2,(H,20,23)(H,21,22). The molecule has 2 N–H and O–H groups in total. The van der Waals surface area contributed by atoms with Gasteiger partial charge in [-0.2, -0.15) is 0 Å². The van der Waals surface area contributed by atoms with E-state index in [-0.39, 0.29) is 12.5 Å². The van der Waals surface area contributed by atoms with Gasteiger partial charge in [-0.15, -0.1) is 0 Å². The fourth-order valence-electron chi connectivity index (χ4n) is 3.11. The fourth-order valence-corrected chi connectivity index (χ4v) is 3.11. The van der Waals surface area contributed by atoms with Gasteiger partial charge in [0, 0.05) is 0 Å². The third-order valence-corrected chi connectivity index (χ3v) is 4.33. The molecule has 0 radical (unpaired) electrons. The Hall–Kier alpha value is -2.82. The van der Waals surface area contributed by atoms with Gasteiger partial charge in [0.1, 0.15) is 11.6 Å². The van der Waals surface area contributed by atoms with Crippen LogP contribution in [0.2, 0.25) is 0 Å². The Morgan fingerprint density at radius 3 is 2.96 bits per heavy atom. The van der Waals surface area contributed by atoms with Gasteiger partial charge >= 0.3 is 0 Å². The molecular formula is C19H19N3O2. The van der Waals surface area contributed by atoms with E-state index < -0.39 is 0 Å². The quantitative estimate of drug-likeness (QED) is 0.759. The van der Waals surface area contributed by atoms with Gasteiger partial charge in [-0.05, 0) is 54.7 Å². The fraction of sp³-hybridized carbons (Fsp3) is 0.263. The van der Waals surface area contributed by atoms with Crippen LogP contribution in [0.1, 0.15) is 23.4 Å². The summed E-state index contributed by atoms with van der Waals surface area (Å²) >= 11 is 0. The molecule has 122 valence electrons. The topological polar surface area (TPSA) is 67.0 Å². The monoisotopic (exact) mass is 321 g/mol. The van der Waals surface area contributed by atoms with E-state index >= 15 is 0 Å². The van der Waals surface area contributed by atoms with Crippen molar-refractivity contribution in [1.29, 1.82) is 0 Å². The minimum absolute atomic E-state index is 0.0129. The lowest BCUT2D eigenvalue weighted by molar-refractivity contribution is -0.123. The highest BCUT2D eigenvalue weighted by atomic mass is 16.5. The molecule has 5 heteroatoms. The highest BCUT2D eigenvalue weighted by molar-refractivity contribution is 5.78. The summed E-state index contributed by atoms with van der Waals surface area (Å²) in [6, 6.07) is 13.9. The second-order valence-electron chi connectivity index (χ2n) is 6.05. The molecule has 0 saturated carbocycles. The van der Waals surface area contributed by atoms with Crippen LogP contribution < -0.4 is 10.1 Å². The van der Waals surface area contributed by atoms with Gasteiger partial charge in [0.05, 0.1) is 17.6 Å². The first-order valence-electron chi connectivity index (χ1n) is 8.23. The Bertz CT molecular complexity index is 852. The number of aromatic nitrogens is 2. The molecule has 0 bridgehead atoms. The predicted molar refractivity (Wildman–Crippen MR) is 91.9 cm³/mol. The number of hydrogen-bond acceptors (Lipinski definition) is 3. The number of ether oxygens (including phenoxy) is 1. The number of rotatable bonds is 5. The molecule has 3 aromatic rings. The number of benzene rings is 2. The van der Waals surface area contributed by atoms with Gasteiger partial charge in [-0.1, -0.05) is 18.2 Å². The summed E-state index contributed by atoms with van der Waals surface area (Å²) in [5.74, 6) is 1.34. The van der Waals surface area contributed by atoms with Crippen molar-refractivity contribution >= 4 is 16.9 Å². The molecule has 0 fully saturated rings. The predicted octanol–water partition coefficient (Wildman–Crippen LogP) is 2.75. The molecule has 1 heterocycles. The largest absolute Gasteiger partial charge is 0.484 e. The number of imidazole rings is 1. The van der Waals surface area contributed by atoms with Gasteiger partial charge < -0.3 is 15.0 Å². The second kappa shape index (κ2) is 6.35. The number of para-hydroxylation sites is 2. The molecule has 1 aliphatic carbocycles. The van der Waals surface area contributed by atoms with Gasteiger partial charge in [-0.3, -0.25) is 4.79 Å². The number of aromatic amines is 1. The second-order valence-corrected chi connectivity index (χ2v) is 6.05. The number of fused-ring (bicyclic) bond motifs is 2. The van der Waals surface area contributed by atoms with Crippen LogP contribution in [0.15, 0.2) is 42.5 Å². The van der Waals surface area contributed by atoms with E-state index in [1.165, 1.54) is 17.5 Å². The summed E-state index contributed by atoms with van der Waals surface area (Å²) in [5.41, 5.74) is 4.61. The number of carbonyl (C=O) groups is 1. The van der Waals surface area contributed by atoms with Gasteiger partial charge in [0.15, 0.2) is 6.61 Å². The summed E-state index contributed by atoms with van der Waals surface area (Å²) in [5, 5.41) is 2.82. The number of hydrogen-bond donors (Lipinski definition) is 2. The van der Waals surface area contributed by atoms with Crippen LogP contribution in [0.25, 0.3) is 11.0 Å².